The summed E-state index contributed by atoms with van der Waals surface area (Å²) in [5, 5.41) is 0.443. The van der Waals surface area contributed by atoms with E-state index < -0.39 is 11.6 Å². The lowest BCUT2D eigenvalue weighted by Gasteiger charge is -2.20. The molecule has 0 saturated heterocycles. The Kier molecular flexibility index (Phi) is 2.19. The van der Waals surface area contributed by atoms with Crippen LogP contribution in [0.25, 0.3) is 0 Å². The first kappa shape index (κ1) is 10.4. The van der Waals surface area contributed by atoms with Gasteiger partial charge in [0.25, 0.3) is 0 Å². The van der Waals surface area contributed by atoms with Gasteiger partial charge in [-0.15, -0.1) is 0 Å². The van der Waals surface area contributed by atoms with E-state index in [2.05, 4.69) is 0 Å². The highest BCUT2D eigenvalue weighted by Crippen LogP contribution is 2.47. The summed E-state index contributed by atoms with van der Waals surface area (Å²) >= 11 is 5.78. The van der Waals surface area contributed by atoms with E-state index in [0.717, 1.165) is 12.1 Å². The van der Waals surface area contributed by atoms with Crippen LogP contribution >= 0.6 is 11.6 Å². The molecule has 0 spiro atoms. The summed E-state index contributed by atoms with van der Waals surface area (Å²) in [4.78, 5) is 0. The van der Waals surface area contributed by atoms with Gasteiger partial charge in [-0.25, -0.2) is 8.78 Å². The van der Waals surface area contributed by atoms with Gasteiger partial charge in [0.2, 0.25) is 5.75 Å². The Hall–Kier alpha value is -1.81. The molecule has 2 aromatic carbocycles. The van der Waals surface area contributed by atoms with Gasteiger partial charge >= 0.3 is 0 Å². The van der Waals surface area contributed by atoms with Gasteiger partial charge in [-0.2, -0.15) is 0 Å². The largest absolute Gasteiger partial charge is 0.449 e. The zero-order chi connectivity index (χ0) is 12.0. The van der Waals surface area contributed by atoms with Gasteiger partial charge in [0.05, 0.1) is 0 Å². The molecule has 86 valence electrons. The van der Waals surface area contributed by atoms with Crippen molar-refractivity contribution in [2.45, 2.75) is 0 Å². The molecule has 0 atom stereocenters. The van der Waals surface area contributed by atoms with Crippen LogP contribution in [0, 0.1) is 11.6 Å². The zero-order valence-electron chi connectivity index (χ0n) is 8.34. The molecular formula is C12H5ClF2O2. The van der Waals surface area contributed by atoms with Crippen molar-refractivity contribution in [1.29, 1.82) is 0 Å². The minimum atomic E-state index is -0.814. The van der Waals surface area contributed by atoms with Crippen LogP contribution < -0.4 is 9.47 Å². The van der Waals surface area contributed by atoms with Crippen LogP contribution in [-0.4, -0.2) is 0 Å². The zero-order valence-corrected chi connectivity index (χ0v) is 9.09. The first-order valence-corrected chi connectivity index (χ1v) is 5.15. The molecule has 3 rings (SSSR count). The fourth-order valence-electron chi connectivity index (χ4n) is 1.59. The van der Waals surface area contributed by atoms with E-state index in [1.54, 1.807) is 12.1 Å². The first-order valence-electron chi connectivity index (χ1n) is 4.78. The molecule has 1 aliphatic rings. The van der Waals surface area contributed by atoms with Crippen LogP contribution in [0.1, 0.15) is 0 Å². The van der Waals surface area contributed by atoms with Crippen LogP contribution in [0.4, 0.5) is 8.78 Å². The SMILES string of the molecule is Fc1cc(F)c2c(c1)Oc1ccc(Cl)cc1O2. The van der Waals surface area contributed by atoms with Crippen molar-refractivity contribution in [3.8, 4) is 23.0 Å². The summed E-state index contributed by atoms with van der Waals surface area (Å²) in [6, 6.07) is 6.48. The van der Waals surface area contributed by atoms with Crippen LogP contribution in [0.15, 0.2) is 30.3 Å². The molecule has 17 heavy (non-hydrogen) atoms. The van der Waals surface area contributed by atoms with Crippen molar-refractivity contribution < 1.29 is 18.3 Å². The Morgan fingerprint density at radius 2 is 1.71 bits per heavy atom. The normalized spacial score (nSPS) is 12.2. The van der Waals surface area contributed by atoms with Crippen molar-refractivity contribution in [3.63, 3.8) is 0 Å². The van der Waals surface area contributed by atoms with E-state index in [4.69, 9.17) is 21.1 Å². The molecule has 2 nitrogen and oxygen atoms in total. The number of ether oxygens (including phenoxy) is 2. The summed E-state index contributed by atoms with van der Waals surface area (Å²) < 4.78 is 37.1. The second-order valence-corrected chi connectivity index (χ2v) is 3.95. The average molecular weight is 255 g/mol. The highest BCUT2D eigenvalue weighted by molar-refractivity contribution is 6.30. The smallest absolute Gasteiger partial charge is 0.205 e. The molecule has 0 unspecified atom stereocenters. The molecule has 0 fully saturated rings. The number of rotatable bonds is 0. The van der Waals surface area contributed by atoms with E-state index >= 15 is 0 Å². The lowest BCUT2D eigenvalue weighted by molar-refractivity contribution is 0.338. The molecule has 0 saturated carbocycles. The molecule has 5 heteroatoms. The van der Waals surface area contributed by atoms with Gasteiger partial charge in [0.1, 0.15) is 5.82 Å². The van der Waals surface area contributed by atoms with Crippen molar-refractivity contribution in [2.24, 2.45) is 0 Å². The maximum Gasteiger partial charge on any atom is 0.205 e. The molecular weight excluding hydrogens is 250 g/mol. The third-order valence-electron chi connectivity index (χ3n) is 2.31. The third-order valence-corrected chi connectivity index (χ3v) is 2.55. The summed E-state index contributed by atoms with van der Waals surface area (Å²) in [6.07, 6.45) is 0. The van der Waals surface area contributed by atoms with Crippen molar-refractivity contribution >= 4 is 11.6 Å². The minimum Gasteiger partial charge on any atom is -0.449 e. The van der Waals surface area contributed by atoms with Gasteiger partial charge in [-0.1, -0.05) is 11.6 Å². The standard InChI is InChI=1S/C12H5ClF2O2/c13-6-1-2-9-10(3-6)17-12-8(15)4-7(14)5-11(12)16-9/h1-5H. The van der Waals surface area contributed by atoms with Gasteiger partial charge in [-0.05, 0) is 12.1 Å². The fraction of sp³-hybridized carbons (Fsp3) is 0. The monoisotopic (exact) mass is 254 g/mol. The Morgan fingerprint density at radius 1 is 0.882 bits per heavy atom. The minimum absolute atomic E-state index is 0.0114. The molecule has 0 bridgehead atoms. The summed E-state index contributed by atoms with van der Waals surface area (Å²) in [5.74, 6) is -0.992. The average Bonchev–Trinajstić information content (AvgIpc) is 2.27. The Morgan fingerprint density at radius 3 is 2.53 bits per heavy atom. The van der Waals surface area contributed by atoms with E-state index in [0.29, 0.717) is 16.5 Å². The topological polar surface area (TPSA) is 18.5 Å². The second kappa shape index (κ2) is 3.60. The van der Waals surface area contributed by atoms with Crippen molar-refractivity contribution in [1.82, 2.24) is 0 Å². The predicted octanol–water partition coefficient (Wildman–Crippen LogP) is 4.52. The maximum atomic E-state index is 13.4. The Balaban J connectivity index is 2.14. The second-order valence-electron chi connectivity index (χ2n) is 3.51. The molecule has 0 aliphatic carbocycles. The van der Waals surface area contributed by atoms with E-state index in [9.17, 15) is 8.78 Å². The molecule has 0 N–H and O–H groups in total. The van der Waals surface area contributed by atoms with E-state index in [-0.39, 0.29) is 11.5 Å². The molecule has 0 amide bonds. The number of benzene rings is 2. The summed E-state index contributed by atoms with van der Waals surface area (Å²) in [7, 11) is 0. The van der Waals surface area contributed by atoms with Gasteiger partial charge < -0.3 is 9.47 Å². The molecule has 2 aromatic rings. The predicted molar refractivity (Wildman–Crippen MR) is 58.0 cm³/mol. The third kappa shape index (κ3) is 1.70. The van der Waals surface area contributed by atoms with Crippen LogP contribution in [0.5, 0.6) is 23.0 Å². The molecule has 0 radical (unpaired) electrons. The highest BCUT2D eigenvalue weighted by atomic mass is 35.5. The number of fused-ring (bicyclic) bond motifs is 2. The van der Waals surface area contributed by atoms with Gasteiger partial charge in [-0.3, -0.25) is 0 Å². The Labute approximate surface area is 100 Å². The quantitative estimate of drug-likeness (QED) is 0.587. The van der Waals surface area contributed by atoms with Crippen molar-refractivity contribution in [2.75, 3.05) is 0 Å². The van der Waals surface area contributed by atoms with Gasteiger partial charge in [0, 0.05) is 23.2 Å². The van der Waals surface area contributed by atoms with Crippen LogP contribution in [0.3, 0.4) is 0 Å². The molecule has 0 aromatic heterocycles. The Bertz CT molecular complexity index is 614. The fourth-order valence-corrected chi connectivity index (χ4v) is 1.75. The van der Waals surface area contributed by atoms with Crippen LogP contribution in [-0.2, 0) is 0 Å². The summed E-state index contributed by atoms with van der Waals surface area (Å²) in [5.41, 5.74) is 0. The summed E-state index contributed by atoms with van der Waals surface area (Å²) in [6.45, 7) is 0. The lowest BCUT2D eigenvalue weighted by Crippen LogP contribution is -2.01. The molecule has 1 heterocycles. The highest BCUT2D eigenvalue weighted by Gasteiger charge is 2.23. The van der Waals surface area contributed by atoms with Gasteiger partial charge in [0.15, 0.2) is 23.1 Å². The van der Waals surface area contributed by atoms with E-state index in [1.165, 1.54) is 6.07 Å². The number of hydrogen-bond donors (Lipinski definition) is 0. The number of halogens is 3. The molecule has 1 aliphatic heterocycles. The van der Waals surface area contributed by atoms with E-state index in [1.807, 2.05) is 0 Å². The van der Waals surface area contributed by atoms with Crippen molar-refractivity contribution in [3.05, 3.63) is 47.0 Å². The van der Waals surface area contributed by atoms with Crippen LogP contribution in [0.2, 0.25) is 5.02 Å². The lowest BCUT2D eigenvalue weighted by atomic mass is 10.2. The number of hydrogen-bond acceptors (Lipinski definition) is 2. The maximum absolute atomic E-state index is 13.4. The first-order chi connectivity index (χ1) is 8.13.